The lowest BCUT2D eigenvalue weighted by Gasteiger charge is -2.06. The highest BCUT2D eigenvalue weighted by atomic mass is 32.2. The van der Waals surface area contributed by atoms with Gasteiger partial charge in [-0.3, -0.25) is 4.57 Å². The first-order valence-electron chi connectivity index (χ1n) is 5.56. The van der Waals surface area contributed by atoms with E-state index in [0.29, 0.717) is 5.69 Å². The molecular weight excluding hydrogens is 273 g/mol. The fraction of sp³-hybridized carbons (Fsp3) is 0.300. The zero-order chi connectivity index (χ0) is 13.6. The second kappa shape index (κ2) is 4.07. The first-order valence-corrected chi connectivity index (χ1v) is 7.11. The number of pyridine rings is 1. The molecule has 1 aliphatic rings. The van der Waals surface area contributed by atoms with Crippen molar-refractivity contribution >= 4 is 10.0 Å². The molecule has 1 saturated carbocycles. The smallest absolute Gasteiger partial charge is 0.273 e. The molecule has 2 aromatic rings. The van der Waals surface area contributed by atoms with E-state index in [-0.39, 0.29) is 17.0 Å². The summed E-state index contributed by atoms with van der Waals surface area (Å²) in [7, 11) is -3.95. The third-order valence-corrected chi connectivity index (χ3v) is 3.57. The molecule has 1 aliphatic carbocycles. The maximum Gasteiger partial charge on any atom is 0.273 e. The van der Waals surface area contributed by atoms with Crippen molar-refractivity contribution in [1.29, 1.82) is 0 Å². The van der Waals surface area contributed by atoms with E-state index >= 15 is 0 Å². The van der Waals surface area contributed by atoms with E-state index in [9.17, 15) is 12.8 Å². The largest absolute Gasteiger partial charge is 0.292 e. The van der Waals surface area contributed by atoms with Crippen LogP contribution in [0.4, 0.5) is 4.39 Å². The summed E-state index contributed by atoms with van der Waals surface area (Å²) < 4.78 is 37.2. The molecule has 3 rings (SSSR count). The first kappa shape index (κ1) is 12.2. The van der Waals surface area contributed by atoms with Crippen LogP contribution in [-0.4, -0.2) is 28.2 Å². The SMILES string of the molecule is NS(=O)(=O)c1nnc(-c2ccc(F)cn2)n1C1CC1. The zero-order valence-electron chi connectivity index (χ0n) is 9.69. The molecule has 100 valence electrons. The number of sulfonamides is 1. The lowest BCUT2D eigenvalue weighted by Crippen LogP contribution is -2.18. The zero-order valence-corrected chi connectivity index (χ0v) is 10.5. The van der Waals surface area contributed by atoms with Gasteiger partial charge in [0.1, 0.15) is 11.5 Å². The van der Waals surface area contributed by atoms with Gasteiger partial charge < -0.3 is 0 Å². The molecule has 0 atom stereocenters. The van der Waals surface area contributed by atoms with Crippen molar-refractivity contribution in [3.63, 3.8) is 0 Å². The normalized spacial score (nSPS) is 15.7. The highest BCUT2D eigenvalue weighted by molar-refractivity contribution is 7.89. The predicted octanol–water partition coefficient (Wildman–Crippen LogP) is 0.462. The molecule has 19 heavy (non-hydrogen) atoms. The van der Waals surface area contributed by atoms with E-state index in [2.05, 4.69) is 15.2 Å². The summed E-state index contributed by atoms with van der Waals surface area (Å²) in [6.07, 6.45) is 2.70. The molecule has 0 aromatic carbocycles. The minimum Gasteiger partial charge on any atom is -0.292 e. The molecule has 0 unspecified atom stereocenters. The van der Waals surface area contributed by atoms with Gasteiger partial charge in [0, 0.05) is 6.04 Å². The minimum absolute atomic E-state index is 0.00479. The molecule has 2 heterocycles. The fourth-order valence-corrected chi connectivity index (χ4v) is 2.48. The molecule has 0 bridgehead atoms. The van der Waals surface area contributed by atoms with Crippen molar-refractivity contribution in [2.45, 2.75) is 24.0 Å². The average Bonchev–Trinajstić information content (AvgIpc) is 3.07. The Morgan fingerprint density at radius 2 is 2.05 bits per heavy atom. The standard InChI is InChI=1S/C10H10FN5O2S/c11-6-1-4-8(13-5-6)9-14-15-10(19(12,17)18)16(9)7-2-3-7/h1,4-5,7H,2-3H2,(H2,12,17,18). The Morgan fingerprint density at radius 1 is 1.32 bits per heavy atom. The van der Waals surface area contributed by atoms with Crippen LogP contribution in [0, 0.1) is 5.82 Å². The Hall–Kier alpha value is -1.87. The Kier molecular flexibility index (Phi) is 2.61. The molecule has 1 fully saturated rings. The summed E-state index contributed by atoms with van der Waals surface area (Å²) in [4.78, 5) is 3.88. The number of hydrogen-bond acceptors (Lipinski definition) is 5. The van der Waals surface area contributed by atoms with Crippen LogP contribution < -0.4 is 5.14 Å². The first-order chi connectivity index (χ1) is 8.97. The minimum atomic E-state index is -3.95. The van der Waals surface area contributed by atoms with E-state index < -0.39 is 15.8 Å². The maximum atomic E-state index is 12.8. The maximum absolute atomic E-state index is 12.8. The lowest BCUT2D eigenvalue weighted by molar-refractivity contribution is 0.567. The van der Waals surface area contributed by atoms with Crippen molar-refractivity contribution in [2.24, 2.45) is 5.14 Å². The Balaban J connectivity index is 2.17. The highest BCUT2D eigenvalue weighted by Crippen LogP contribution is 2.39. The number of hydrogen-bond donors (Lipinski definition) is 1. The Bertz CT molecular complexity index is 721. The summed E-state index contributed by atoms with van der Waals surface area (Å²) in [6.45, 7) is 0. The van der Waals surface area contributed by atoms with Crippen molar-refractivity contribution < 1.29 is 12.8 Å². The third-order valence-electron chi connectivity index (χ3n) is 2.79. The van der Waals surface area contributed by atoms with Crippen LogP contribution in [0.3, 0.4) is 0 Å². The van der Waals surface area contributed by atoms with Gasteiger partial charge in [-0.15, -0.1) is 10.2 Å². The number of primary sulfonamides is 1. The van der Waals surface area contributed by atoms with Crippen LogP contribution in [0.15, 0.2) is 23.5 Å². The Labute approximate surface area is 108 Å². The predicted molar refractivity (Wildman–Crippen MR) is 62.9 cm³/mol. The summed E-state index contributed by atoms with van der Waals surface area (Å²) in [5.41, 5.74) is 0.357. The van der Waals surface area contributed by atoms with E-state index in [1.54, 1.807) is 0 Å². The van der Waals surface area contributed by atoms with Gasteiger partial charge in [0.2, 0.25) is 0 Å². The van der Waals surface area contributed by atoms with E-state index in [1.165, 1.54) is 16.7 Å². The number of nitrogens with zero attached hydrogens (tertiary/aromatic N) is 4. The van der Waals surface area contributed by atoms with E-state index in [0.717, 1.165) is 19.0 Å². The summed E-state index contributed by atoms with van der Waals surface area (Å²) in [5, 5.41) is 12.3. The van der Waals surface area contributed by atoms with Crippen LogP contribution in [0.5, 0.6) is 0 Å². The van der Waals surface area contributed by atoms with Crippen LogP contribution >= 0.6 is 0 Å². The second-order valence-electron chi connectivity index (χ2n) is 4.31. The summed E-state index contributed by atoms with van der Waals surface area (Å²) in [6, 6.07) is 2.65. The summed E-state index contributed by atoms with van der Waals surface area (Å²) in [5.74, 6) is -0.195. The summed E-state index contributed by atoms with van der Waals surface area (Å²) >= 11 is 0. The molecule has 0 saturated heterocycles. The van der Waals surface area contributed by atoms with Crippen molar-refractivity contribution in [2.75, 3.05) is 0 Å². The van der Waals surface area contributed by atoms with Crippen LogP contribution in [0.25, 0.3) is 11.5 Å². The second-order valence-corrected chi connectivity index (χ2v) is 5.77. The molecule has 0 aliphatic heterocycles. The van der Waals surface area contributed by atoms with Gasteiger partial charge in [0.25, 0.3) is 15.2 Å². The van der Waals surface area contributed by atoms with Gasteiger partial charge in [-0.1, -0.05) is 0 Å². The number of nitrogens with two attached hydrogens (primary N) is 1. The Morgan fingerprint density at radius 3 is 2.58 bits per heavy atom. The molecule has 2 aromatic heterocycles. The number of aromatic nitrogens is 4. The lowest BCUT2D eigenvalue weighted by atomic mass is 10.3. The van der Waals surface area contributed by atoms with Crippen molar-refractivity contribution in [1.82, 2.24) is 19.7 Å². The molecule has 0 radical (unpaired) electrons. The van der Waals surface area contributed by atoms with Gasteiger partial charge in [-0.05, 0) is 25.0 Å². The average molecular weight is 283 g/mol. The monoisotopic (exact) mass is 283 g/mol. The van der Waals surface area contributed by atoms with Crippen molar-refractivity contribution in [3.8, 4) is 11.5 Å². The highest BCUT2D eigenvalue weighted by Gasteiger charge is 2.33. The number of halogens is 1. The molecule has 0 spiro atoms. The van der Waals surface area contributed by atoms with E-state index in [4.69, 9.17) is 5.14 Å². The molecular formula is C10H10FN5O2S. The van der Waals surface area contributed by atoms with Crippen LogP contribution in [0.2, 0.25) is 0 Å². The molecule has 0 amide bonds. The van der Waals surface area contributed by atoms with Gasteiger partial charge in [0.15, 0.2) is 5.82 Å². The quantitative estimate of drug-likeness (QED) is 0.881. The van der Waals surface area contributed by atoms with Crippen molar-refractivity contribution in [3.05, 3.63) is 24.1 Å². The van der Waals surface area contributed by atoms with Gasteiger partial charge in [0.05, 0.1) is 6.20 Å². The van der Waals surface area contributed by atoms with Gasteiger partial charge in [-0.25, -0.2) is 22.9 Å². The van der Waals surface area contributed by atoms with Crippen LogP contribution in [0.1, 0.15) is 18.9 Å². The third kappa shape index (κ3) is 2.22. The molecule has 7 nitrogen and oxygen atoms in total. The molecule has 9 heteroatoms. The van der Waals surface area contributed by atoms with E-state index in [1.807, 2.05) is 0 Å². The number of rotatable bonds is 3. The molecule has 2 N–H and O–H groups in total. The fourth-order valence-electron chi connectivity index (χ4n) is 1.82. The topological polar surface area (TPSA) is 104 Å². The van der Waals surface area contributed by atoms with Gasteiger partial charge >= 0.3 is 0 Å². The van der Waals surface area contributed by atoms with Crippen LogP contribution in [-0.2, 0) is 10.0 Å². The van der Waals surface area contributed by atoms with Gasteiger partial charge in [-0.2, -0.15) is 0 Å².